The third-order valence-electron chi connectivity index (χ3n) is 3.58. The van der Waals surface area contributed by atoms with Crippen LogP contribution in [0.5, 0.6) is 5.75 Å². The summed E-state index contributed by atoms with van der Waals surface area (Å²) in [6.45, 7) is 0. The van der Waals surface area contributed by atoms with Crippen LogP contribution in [0, 0.1) is 0 Å². The first-order valence-corrected chi connectivity index (χ1v) is 7.29. The fourth-order valence-electron chi connectivity index (χ4n) is 2.60. The van der Waals surface area contributed by atoms with Gasteiger partial charge < -0.3 is 10.1 Å². The van der Waals surface area contributed by atoms with Crippen molar-refractivity contribution in [2.24, 2.45) is 0 Å². The van der Waals surface area contributed by atoms with E-state index < -0.39 is 0 Å². The molecule has 100 valence electrons. The molecule has 20 heavy (non-hydrogen) atoms. The molecule has 5 heteroatoms. The van der Waals surface area contributed by atoms with Gasteiger partial charge in [0.15, 0.2) is 5.82 Å². The minimum atomic E-state index is 0.817. The number of aromatic nitrogens is 2. The van der Waals surface area contributed by atoms with Gasteiger partial charge in [-0.05, 0) is 23.6 Å². The number of nitrogens with one attached hydrogen (secondary N) is 2. The number of ether oxygens (including phenoxy) is 1. The maximum atomic E-state index is 5.36. The second-order valence-corrected chi connectivity index (χ2v) is 5.69. The maximum Gasteiger partial charge on any atom is 0.156 e. The Kier molecular flexibility index (Phi) is 2.53. The third-order valence-corrected chi connectivity index (χ3v) is 4.50. The SMILES string of the molecule is COc1ccccc1Nc1n[nH]c2c1Cc1sccc1-2. The lowest BCUT2D eigenvalue weighted by Crippen LogP contribution is -1.97. The molecule has 0 bridgehead atoms. The molecule has 1 aromatic carbocycles. The minimum Gasteiger partial charge on any atom is -0.495 e. The minimum absolute atomic E-state index is 0.817. The second kappa shape index (κ2) is 4.38. The first-order valence-electron chi connectivity index (χ1n) is 6.41. The number of hydrogen-bond donors (Lipinski definition) is 2. The first-order chi connectivity index (χ1) is 9.86. The van der Waals surface area contributed by atoms with Gasteiger partial charge in [-0.1, -0.05) is 12.1 Å². The lowest BCUT2D eigenvalue weighted by atomic mass is 10.2. The maximum absolute atomic E-state index is 5.36. The fourth-order valence-corrected chi connectivity index (χ4v) is 3.49. The highest BCUT2D eigenvalue weighted by molar-refractivity contribution is 7.10. The van der Waals surface area contributed by atoms with Crippen LogP contribution in [0.1, 0.15) is 10.4 Å². The summed E-state index contributed by atoms with van der Waals surface area (Å²) < 4.78 is 5.36. The largest absolute Gasteiger partial charge is 0.495 e. The van der Waals surface area contributed by atoms with Crippen LogP contribution in [-0.4, -0.2) is 17.3 Å². The number of aromatic amines is 1. The molecular formula is C15H13N3OS. The Morgan fingerprint density at radius 3 is 3.10 bits per heavy atom. The molecule has 0 amide bonds. The van der Waals surface area contributed by atoms with Gasteiger partial charge in [0.2, 0.25) is 0 Å². The van der Waals surface area contributed by atoms with E-state index in [0.717, 1.165) is 29.4 Å². The Balaban J connectivity index is 1.71. The van der Waals surface area contributed by atoms with E-state index in [0.29, 0.717) is 0 Å². The van der Waals surface area contributed by atoms with Crippen molar-refractivity contribution >= 4 is 22.8 Å². The number of H-pyrrole nitrogens is 1. The molecule has 0 fully saturated rings. The summed E-state index contributed by atoms with van der Waals surface area (Å²) in [6.07, 6.45) is 0.941. The van der Waals surface area contributed by atoms with Gasteiger partial charge in [0.25, 0.3) is 0 Å². The van der Waals surface area contributed by atoms with Crippen molar-refractivity contribution in [2.45, 2.75) is 6.42 Å². The van der Waals surface area contributed by atoms with E-state index in [2.05, 4.69) is 27.0 Å². The van der Waals surface area contributed by atoms with Crippen LogP contribution in [0.3, 0.4) is 0 Å². The Morgan fingerprint density at radius 2 is 2.20 bits per heavy atom. The average Bonchev–Trinajstić information content (AvgIpc) is 3.13. The van der Waals surface area contributed by atoms with Gasteiger partial charge in [-0.25, -0.2) is 0 Å². The molecule has 2 N–H and O–H groups in total. The van der Waals surface area contributed by atoms with Crippen LogP contribution >= 0.6 is 11.3 Å². The number of fused-ring (bicyclic) bond motifs is 3. The quantitative estimate of drug-likeness (QED) is 0.601. The molecule has 3 aromatic rings. The first kappa shape index (κ1) is 11.5. The van der Waals surface area contributed by atoms with E-state index in [4.69, 9.17) is 4.74 Å². The van der Waals surface area contributed by atoms with E-state index in [1.54, 1.807) is 18.4 Å². The van der Waals surface area contributed by atoms with Crippen LogP contribution < -0.4 is 10.1 Å². The number of anilines is 2. The molecule has 0 aliphatic heterocycles. The van der Waals surface area contributed by atoms with Crippen molar-refractivity contribution in [1.82, 2.24) is 10.2 Å². The fraction of sp³-hybridized carbons (Fsp3) is 0.133. The lowest BCUT2D eigenvalue weighted by Gasteiger charge is -2.09. The van der Waals surface area contributed by atoms with Crippen molar-refractivity contribution in [3.05, 3.63) is 46.2 Å². The number of rotatable bonds is 3. The molecule has 1 aliphatic rings. The Labute approximate surface area is 120 Å². The number of thiophene rings is 1. The highest BCUT2D eigenvalue weighted by Crippen LogP contribution is 2.42. The van der Waals surface area contributed by atoms with E-state index >= 15 is 0 Å². The molecule has 0 spiro atoms. The van der Waals surface area contributed by atoms with E-state index in [1.807, 2.05) is 24.3 Å². The van der Waals surface area contributed by atoms with Crippen molar-refractivity contribution in [3.8, 4) is 17.0 Å². The van der Waals surface area contributed by atoms with Crippen molar-refractivity contribution in [3.63, 3.8) is 0 Å². The van der Waals surface area contributed by atoms with Gasteiger partial charge in [0, 0.05) is 22.4 Å². The van der Waals surface area contributed by atoms with Crippen molar-refractivity contribution < 1.29 is 4.74 Å². The molecule has 0 radical (unpaired) electrons. The van der Waals surface area contributed by atoms with Crippen LogP contribution in [0.25, 0.3) is 11.3 Å². The number of nitrogens with zero attached hydrogens (tertiary/aromatic N) is 1. The zero-order valence-electron chi connectivity index (χ0n) is 10.9. The molecule has 0 saturated carbocycles. The summed E-state index contributed by atoms with van der Waals surface area (Å²) in [5.41, 5.74) is 4.58. The van der Waals surface area contributed by atoms with Gasteiger partial charge in [0.05, 0.1) is 18.5 Å². The molecule has 4 nitrogen and oxygen atoms in total. The standard InChI is InChI=1S/C15H13N3OS/c1-19-12-5-3-2-4-11(12)16-15-10-8-13-9(6-7-20-13)14(10)17-18-15/h2-7H,8H2,1H3,(H2,16,17,18). The van der Waals surface area contributed by atoms with Gasteiger partial charge in [-0.3, -0.25) is 5.10 Å². The summed E-state index contributed by atoms with van der Waals surface area (Å²) in [5, 5.41) is 13.0. The zero-order chi connectivity index (χ0) is 13.5. The van der Waals surface area contributed by atoms with Crippen LogP contribution in [-0.2, 0) is 6.42 Å². The number of benzene rings is 1. The van der Waals surface area contributed by atoms with Crippen LogP contribution in [0.15, 0.2) is 35.7 Å². The molecule has 0 saturated heterocycles. The van der Waals surface area contributed by atoms with Gasteiger partial charge >= 0.3 is 0 Å². The smallest absolute Gasteiger partial charge is 0.156 e. The van der Waals surface area contributed by atoms with Crippen LogP contribution in [0.4, 0.5) is 11.5 Å². The van der Waals surface area contributed by atoms with E-state index in [9.17, 15) is 0 Å². The van der Waals surface area contributed by atoms with E-state index in [1.165, 1.54) is 16.0 Å². The molecule has 0 atom stereocenters. The summed E-state index contributed by atoms with van der Waals surface area (Å²) in [6, 6.07) is 10.0. The van der Waals surface area contributed by atoms with Gasteiger partial charge in [-0.15, -0.1) is 11.3 Å². The third kappa shape index (κ3) is 1.63. The number of hydrogen-bond acceptors (Lipinski definition) is 4. The molecular weight excluding hydrogens is 270 g/mol. The molecule has 2 heterocycles. The molecule has 2 aromatic heterocycles. The summed E-state index contributed by atoms with van der Waals surface area (Å²) in [5.74, 6) is 1.70. The van der Waals surface area contributed by atoms with Crippen molar-refractivity contribution in [2.75, 3.05) is 12.4 Å². The monoisotopic (exact) mass is 283 g/mol. The Morgan fingerprint density at radius 1 is 1.30 bits per heavy atom. The van der Waals surface area contributed by atoms with Crippen LogP contribution in [0.2, 0.25) is 0 Å². The topological polar surface area (TPSA) is 49.9 Å². The van der Waals surface area contributed by atoms with Crippen molar-refractivity contribution in [1.29, 1.82) is 0 Å². The number of para-hydroxylation sites is 2. The molecule has 0 unspecified atom stereocenters. The summed E-state index contributed by atoms with van der Waals surface area (Å²) in [4.78, 5) is 1.40. The summed E-state index contributed by atoms with van der Waals surface area (Å²) >= 11 is 1.80. The average molecular weight is 283 g/mol. The normalized spacial score (nSPS) is 12.1. The summed E-state index contributed by atoms with van der Waals surface area (Å²) in [7, 11) is 1.67. The molecule has 1 aliphatic carbocycles. The Bertz CT molecular complexity index is 775. The highest BCUT2D eigenvalue weighted by Gasteiger charge is 2.25. The highest BCUT2D eigenvalue weighted by atomic mass is 32.1. The number of methoxy groups -OCH3 is 1. The molecule has 4 rings (SSSR count). The second-order valence-electron chi connectivity index (χ2n) is 4.69. The Hall–Kier alpha value is -2.27. The lowest BCUT2D eigenvalue weighted by molar-refractivity contribution is 0.417. The van der Waals surface area contributed by atoms with E-state index in [-0.39, 0.29) is 0 Å². The zero-order valence-corrected chi connectivity index (χ0v) is 11.8. The van der Waals surface area contributed by atoms with Gasteiger partial charge in [-0.2, -0.15) is 5.10 Å². The van der Waals surface area contributed by atoms with Gasteiger partial charge in [0.1, 0.15) is 5.75 Å². The predicted octanol–water partition coefficient (Wildman–Crippen LogP) is 3.79. The predicted molar refractivity (Wildman–Crippen MR) is 81.0 cm³/mol.